The zero-order valence-corrected chi connectivity index (χ0v) is 6.73. The van der Waals surface area contributed by atoms with Crippen molar-refractivity contribution < 1.29 is 0 Å². The van der Waals surface area contributed by atoms with E-state index in [4.69, 9.17) is 10.0 Å². The van der Waals surface area contributed by atoms with Crippen molar-refractivity contribution in [2.75, 3.05) is 0 Å². The van der Waals surface area contributed by atoms with Crippen LogP contribution in [0.5, 0.6) is 0 Å². The fourth-order valence-electron chi connectivity index (χ4n) is 0. The Morgan fingerprint density at radius 1 is 1.20 bits per heavy atom. The Morgan fingerprint density at radius 3 is 1.20 bits per heavy atom. The summed E-state index contributed by atoms with van der Waals surface area (Å²) in [7, 11) is 5.72. The van der Waals surface area contributed by atoms with Gasteiger partial charge in [-0.15, -0.1) is 0 Å². The summed E-state index contributed by atoms with van der Waals surface area (Å²) in [6.45, 7) is 0. The molecule has 0 amide bonds. The summed E-state index contributed by atoms with van der Waals surface area (Å²) in [5.74, 6) is 6.42. The van der Waals surface area contributed by atoms with Gasteiger partial charge < -0.3 is 0 Å². The van der Waals surface area contributed by atoms with Crippen molar-refractivity contribution in [3.05, 3.63) is 0 Å². The standard InChI is InChI=1S/C3H9ClGe/c1-5(2,3)4/h1-3H3/i4+0. The van der Waals surface area contributed by atoms with Crippen LogP contribution in [-0.4, -0.2) is 12.3 Å². The van der Waals surface area contributed by atoms with Crippen LogP contribution in [0.2, 0.25) is 17.3 Å². The molecule has 0 rings (SSSR count). The van der Waals surface area contributed by atoms with E-state index in [0.29, 0.717) is 0 Å². The van der Waals surface area contributed by atoms with E-state index in [1.54, 1.807) is 0 Å². The molecule has 0 bridgehead atoms. The van der Waals surface area contributed by atoms with Gasteiger partial charge >= 0.3 is 39.6 Å². The summed E-state index contributed by atoms with van der Waals surface area (Å²) in [6.07, 6.45) is 0. The Balaban J connectivity index is 3.02. The third kappa shape index (κ3) is 55.9. The van der Waals surface area contributed by atoms with E-state index in [-0.39, 0.29) is 0 Å². The molecule has 32 valence electrons. The third-order valence-corrected chi connectivity index (χ3v) is 0. The van der Waals surface area contributed by atoms with Crippen LogP contribution in [0, 0.1) is 0 Å². The van der Waals surface area contributed by atoms with Crippen molar-refractivity contribution in [1.29, 1.82) is 0 Å². The summed E-state index contributed by atoms with van der Waals surface area (Å²) < 4.78 is 0. The van der Waals surface area contributed by atoms with E-state index < -0.39 is 12.3 Å². The second-order valence-corrected chi connectivity index (χ2v) is 16.6. The Hall–Kier alpha value is 0.833. The second-order valence-electron chi connectivity index (χ2n) is 2.07. The first-order chi connectivity index (χ1) is 2.00. The molecule has 5 heavy (non-hydrogen) atoms. The molecular weight excluding hydrogens is 144 g/mol. The Morgan fingerprint density at radius 2 is 1.20 bits per heavy atom. The van der Waals surface area contributed by atoms with Gasteiger partial charge in [-0.25, -0.2) is 0 Å². The average Bonchev–Trinajstić information content (AvgIpc) is 0.722. The van der Waals surface area contributed by atoms with Crippen molar-refractivity contribution in [3.8, 4) is 0 Å². The van der Waals surface area contributed by atoms with Crippen LogP contribution >= 0.6 is 10.0 Å². The summed E-state index contributed by atoms with van der Waals surface area (Å²) in [5.41, 5.74) is 0. The average molecular weight is 153 g/mol. The number of hydrogen-bond donors (Lipinski definition) is 0. The molecule has 0 atom stereocenters. The van der Waals surface area contributed by atoms with E-state index in [9.17, 15) is 0 Å². The monoisotopic (exact) mass is 154 g/mol. The molecule has 0 aromatic rings. The maximum absolute atomic E-state index is 5.72. The Bertz CT molecular complexity index is 22.4. The molecule has 0 saturated carbocycles. The van der Waals surface area contributed by atoms with Crippen LogP contribution in [0.1, 0.15) is 0 Å². The summed E-state index contributed by atoms with van der Waals surface area (Å²) >= 11 is -1.53. The molecule has 0 aliphatic carbocycles. The number of halogens is 1. The molecule has 0 N–H and O–H groups in total. The van der Waals surface area contributed by atoms with Crippen LogP contribution in [-0.2, 0) is 0 Å². The van der Waals surface area contributed by atoms with Crippen molar-refractivity contribution >= 4 is 22.3 Å². The topological polar surface area (TPSA) is 0 Å². The van der Waals surface area contributed by atoms with Crippen molar-refractivity contribution in [2.45, 2.75) is 17.3 Å². The van der Waals surface area contributed by atoms with Gasteiger partial charge in [0, 0.05) is 0 Å². The molecule has 0 aliphatic rings. The first kappa shape index (κ1) is 5.83. The molecule has 0 radical (unpaired) electrons. The molecule has 0 nitrogen and oxygen atoms in total. The SMILES string of the molecule is [CH3][Ge]([CH3])([CH3])[35Cl]. The van der Waals surface area contributed by atoms with Crippen LogP contribution in [0.4, 0.5) is 0 Å². The van der Waals surface area contributed by atoms with Gasteiger partial charge in [0.1, 0.15) is 0 Å². The second kappa shape index (κ2) is 1.52. The van der Waals surface area contributed by atoms with Gasteiger partial charge in [0.2, 0.25) is 0 Å². The molecule has 0 fully saturated rings. The van der Waals surface area contributed by atoms with Crippen molar-refractivity contribution in [1.82, 2.24) is 0 Å². The third-order valence-electron chi connectivity index (χ3n) is 0. The van der Waals surface area contributed by atoms with Gasteiger partial charge in [0.05, 0.1) is 0 Å². The fraction of sp³-hybridized carbons (Fsp3) is 1.00. The van der Waals surface area contributed by atoms with E-state index in [1.807, 2.05) is 0 Å². The van der Waals surface area contributed by atoms with Crippen LogP contribution < -0.4 is 0 Å². The van der Waals surface area contributed by atoms with Gasteiger partial charge in [-0.2, -0.15) is 0 Å². The Labute approximate surface area is 40.1 Å². The fourth-order valence-corrected chi connectivity index (χ4v) is 0. The van der Waals surface area contributed by atoms with Crippen molar-refractivity contribution in [2.24, 2.45) is 0 Å². The minimum atomic E-state index is -1.53. The molecule has 0 spiro atoms. The van der Waals surface area contributed by atoms with Gasteiger partial charge in [0.25, 0.3) is 0 Å². The van der Waals surface area contributed by atoms with Gasteiger partial charge in [-0.3, -0.25) is 0 Å². The van der Waals surface area contributed by atoms with E-state index >= 15 is 0 Å². The van der Waals surface area contributed by atoms with Crippen LogP contribution in [0.15, 0.2) is 0 Å². The molecule has 0 heterocycles. The predicted octanol–water partition coefficient (Wildman–Crippen LogP) is 2.06. The molecule has 0 saturated heterocycles. The first-order valence-electron chi connectivity index (χ1n) is 1.69. The molecular formula is C3H9ClGe. The van der Waals surface area contributed by atoms with E-state index in [2.05, 4.69) is 17.3 Å². The quantitative estimate of drug-likeness (QED) is 0.467. The number of rotatable bonds is 0. The van der Waals surface area contributed by atoms with Gasteiger partial charge in [0.15, 0.2) is 0 Å². The zero-order valence-electron chi connectivity index (χ0n) is 3.88. The minimum absolute atomic E-state index is 1.53. The van der Waals surface area contributed by atoms with Crippen LogP contribution in [0.25, 0.3) is 0 Å². The molecule has 0 unspecified atom stereocenters. The van der Waals surface area contributed by atoms with Crippen LogP contribution in [0.3, 0.4) is 0 Å². The van der Waals surface area contributed by atoms with E-state index in [0.717, 1.165) is 0 Å². The summed E-state index contributed by atoms with van der Waals surface area (Å²) in [5, 5.41) is 0. The number of hydrogen-bond acceptors (Lipinski definition) is 0. The molecule has 2 heteroatoms. The van der Waals surface area contributed by atoms with Crippen molar-refractivity contribution in [3.63, 3.8) is 0 Å². The summed E-state index contributed by atoms with van der Waals surface area (Å²) in [6, 6.07) is 0. The molecule has 0 aromatic carbocycles. The van der Waals surface area contributed by atoms with Gasteiger partial charge in [-0.1, -0.05) is 0 Å². The van der Waals surface area contributed by atoms with E-state index in [1.165, 1.54) is 0 Å². The Kier molecular flexibility index (Phi) is 1.77. The molecule has 0 aliphatic heterocycles. The van der Waals surface area contributed by atoms with Gasteiger partial charge in [-0.05, 0) is 0 Å². The zero-order chi connectivity index (χ0) is 4.50. The normalized spacial score (nSPS) is 12.0. The summed E-state index contributed by atoms with van der Waals surface area (Å²) in [4.78, 5) is 0. The first-order valence-corrected chi connectivity index (χ1v) is 10.7. The maximum atomic E-state index is 5.72. The molecule has 0 aromatic heterocycles. The predicted molar refractivity (Wildman–Crippen MR) is 29.2 cm³/mol.